The van der Waals surface area contributed by atoms with Gasteiger partial charge < -0.3 is 24.6 Å². The fraction of sp³-hybridized carbons (Fsp3) is 0.500. The Balaban J connectivity index is 1.88. The third-order valence-electron chi connectivity index (χ3n) is 1.65. The zero-order valence-electron chi connectivity index (χ0n) is 7.19. The molecule has 14 heavy (non-hydrogen) atoms. The maximum absolute atomic E-state index is 11.3. The van der Waals surface area contributed by atoms with E-state index in [1.807, 2.05) is 0 Å². The Hall–Kier alpha value is -1.20. The summed E-state index contributed by atoms with van der Waals surface area (Å²) in [6.07, 6.45) is 0.660. The molecule has 1 saturated heterocycles. The smallest absolute Gasteiger partial charge is 0.372 e. The summed E-state index contributed by atoms with van der Waals surface area (Å²) < 4.78 is 24.8. The predicted molar refractivity (Wildman–Crippen MR) is 44.6 cm³/mol. The summed E-state index contributed by atoms with van der Waals surface area (Å²) in [7, 11) is -3.41. The molecule has 0 radical (unpaired) electrons. The third-order valence-corrected chi connectivity index (χ3v) is 2.84. The third kappa shape index (κ3) is 1.44. The van der Waals surface area contributed by atoms with Gasteiger partial charge >= 0.3 is 13.8 Å². The monoisotopic (exact) mass is 220 g/mol. The summed E-state index contributed by atoms with van der Waals surface area (Å²) >= 11 is 0. The zero-order valence-corrected chi connectivity index (χ0v) is 8.08. The van der Waals surface area contributed by atoms with Crippen LogP contribution in [-0.2, 0) is 22.9 Å². The topological polar surface area (TPSA) is 99.9 Å². The second-order valence-electron chi connectivity index (χ2n) is 2.74. The van der Waals surface area contributed by atoms with Crippen molar-refractivity contribution in [1.82, 2.24) is 5.32 Å². The summed E-state index contributed by atoms with van der Waals surface area (Å²) in [4.78, 5) is 11.3. The molecule has 0 spiro atoms. The van der Waals surface area contributed by atoms with E-state index in [9.17, 15) is 9.36 Å². The quantitative estimate of drug-likeness (QED) is 0.503. The van der Waals surface area contributed by atoms with E-state index in [-0.39, 0.29) is 11.7 Å². The molecule has 0 atom stereocenters. The lowest BCUT2D eigenvalue weighted by atomic mass is 10.4. The van der Waals surface area contributed by atoms with Gasteiger partial charge in [0.25, 0.3) is 11.7 Å². The fourth-order valence-corrected chi connectivity index (χ4v) is 2.04. The number of hydrogen-bond donors (Lipinski definition) is 2. The lowest BCUT2D eigenvalue weighted by Crippen LogP contribution is -2.27. The van der Waals surface area contributed by atoms with Gasteiger partial charge in [0, 0.05) is 6.54 Å². The number of nitrogens with two attached hydrogens (primary N) is 1. The van der Waals surface area contributed by atoms with Crippen molar-refractivity contribution in [2.75, 3.05) is 13.1 Å². The molecule has 3 aliphatic heterocycles. The molecule has 7 nitrogen and oxygen atoms in total. The molecule has 1 amide bonds. The molecule has 1 fully saturated rings. The summed E-state index contributed by atoms with van der Waals surface area (Å²) in [5.41, 5.74) is 5.24. The number of carbonyl (C=O) groups excluding carboxylic acids is 1. The van der Waals surface area contributed by atoms with E-state index in [0.717, 1.165) is 0 Å². The summed E-state index contributed by atoms with van der Waals surface area (Å²) in [6, 6.07) is 0. The molecule has 0 aromatic heterocycles. The van der Waals surface area contributed by atoms with Crippen LogP contribution in [0.2, 0.25) is 0 Å². The van der Waals surface area contributed by atoms with E-state index in [0.29, 0.717) is 19.5 Å². The lowest BCUT2D eigenvalue weighted by Gasteiger charge is -2.15. The van der Waals surface area contributed by atoms with Gasteiger partial charge in [0.2, 0.25) is 0 Å². The van der Waals surface area contributed by atoms with Crippen molar-refractivity contribution in [3.05, 3.63) is 11.7 Å². The minimum atomic E-state index is -3.41. The highest BCUT2D eigenvalue weighted by Crippen LogP contribution is 2.70. The average molecular weight is 220 g/mol. The molecule has 0 aliphatic carbocycles. The van der Waals surface area contributed by atoms with Gasteiger partial charge in [-0.15, -0.1) is 0 Å². The summed E-state index contributed by atoms with van der Waals surface area (Å²) in [5.74, 6) is -0.743. The van der Waals surface area contributed by atoms with Crippen LogP contribution >= 0.6 is 7.82 Å². The van der Waals surface area contributed by atoms with E-state index < -0.39 is 13.7 Å². The first-order valence-electron chi connectivity index (χ1n) is 4.06. The van der Waals surface area contributed by atoms with Gasteiger partial charge in [-0.1, -0.05) is 0 Å². The highest BCUT2D eigenvalue weighted by Gasteiger charge is 2.58. The molecule has 2 bridgehead atoms. The Bertz CT molecular complexity index is 340. The maximum atomic E-state index is 11.3. The first-order valence-corrected chi connectivity index (χ1v) is 5.52. The molecule has 3 rings (SSSR count). The Kier molecular flexibility index (Phi) is 2.13. The molecule has 3 N–H and O–H groups in total. The molecule has 0 aromatic carbocycles. The Morgan fingerprint density at radius 2 is 2.14 bits per heavy atom. The van der Waals surface area contributed by atoms with Crippen LogP contribution in [0.3, 0.4) is 0 Å². The molecule has 0 aromatic rings. The van der Waals surface area contributed by atoms with Crippen molar-refractivity contribution < 1.29 is 22.9 Å². The van der Waals surface area contributed by atoms with E-state index >= 15 is 0 Å². The minimum absolute atomic E-state index is 0.0985. The number of phosphoric ester groups is 1. The number of fused-ring (bicyclic) bond motifs is 1. The van der Waals surface area contributed by atoms with E-state index in [2.05, 4.69) is 18.9 Å². The van der Waals surface area contributed by atoms with E-state index in [4.69, 9.17) is 5.73 Å². The molecular weight excluding hydrogens is 211 g/mol. The predicted octanol–water partition coefficient (Wildman–Crippen LogP) is -0.194. The molecule has 0 unspecified atom stereocenters. The van der Waals surface area contributed by atoms with Crippen molar-refractivity contribution in [1.29, 1.82) is 0 Å². The van der Waals surface area contributed by atoms with Crippen LogP contribution in [0, 0.1) is 0 Å². The largest absolute Gasteiger partial charge is 0.652 e. The average Bonchev–Trinajstić information content (AvgIpc) is 2.58. The van der Waals surface area contributed by atoms with Crippen LogP contribution < -0.4 is 11.1 Å². The van der Waals surface area contributed by atoms with Crippen LogP contribution in [0.15, 0.2) is 11.7 Å². The van der Waals surface area contributed by atoms with Crippen molar-refractivity contribution in [2.24, 2.45) is 5.73 Å². The molecule has 78 valence electrons. The first kappa shape index (κ1) is 9.36. The van der Waals surface area contributed by atoms with Gasteiger partial charge in [-0.25, -0.2) is 0 Å². The Morgan fingerprint density at radius 3 is 2.64 bits per heavy atom. The highest BCUT2D eigenvalue weighted by molar-refractivity contribution is 7.50. The van der Waals surface area contributed by atoms with Gasteiger partial charge in [0.1, 0.15) is 0 Å². The van der Waals surface area contributed by atoms with Gasteiger partial charge in [-0.3, -0.25) is 4.79 Å². The number of nitrogens with one attached hydrogen (secondary N) is 1. The summed E-state index contributed by atoms with van der Waals surface area (Å²) in [6.45, 7) is 0.915. The van der Waals surface area contributed by atoms with Crippen LogP contribution in [0.25, 0.3) is 0 Å². The first-order chi connectivity index (χ1) is 6.64. The number of carbonyl (C=O) groups is 1. The van der Waals surface area contributed by atoms with Crippen LogP contribution in [0.1, 0.15) is 6.42 Å². The zero-order chi connectivity index (χ0) is 10.2. The second kappa shape index (κ2) is 3.18. The summed E-state index contributed by atoms with van der Waals surface area (Å²) in [5, 5.41) is 2.52. The van der Waals surface area contributed by atoms with Crippen molar-refractivity contribution in [3.63, 3.8) is 0 Å². The van der Waals surface area contributed by atoms with Crippen molar-refractivity contribution >= 4 is 13.7 Å². The standard InChI is InChI=1S/C6H9N2O5P/c7-2-1-3-8-5(9)4-6-12-14(10,11-4)13-6/h1-3,7H2,(H,8,9). The Labute approximate surface area is 79.8 Å². The molecular formula is C6H9N2O5P. The van der Waals surface area contributed by atoms with E-state index in [1.165, 1.54) is 0 Å². The van der Waals surface area contributed by atoms with Gasteiger partial charge in [0.05, 0.1) is 0 Å². The molecule has 8 heteroatoms. The van der Waals surface area contributed by atoms with Gasteiger partial charge in [-0.2, -0.15) is 4.57 Å². The Morgan fingerprint density at radius 1 is 1.43 bits per heavy atom. The molecule has 3 aliphatic rings. The van der Waals surface area contributed by atoms with E-state index in [1.54, 1.807) is 0 Å². The molecule has 3 heterocycles. The van der Waals surface area contributed by atoms with Gasteiger partial charge in [-0.05, 0) is 13.0 Å². The van der Waals surface area contributed by atoms with Crippen molar-refractivity contribution in [3.8, 4) is 0 Å². The number of amides is 1. The highest BCUT2D eigenvalue weighted by atomic mass is 31.2. The normalized spacial score (nSPS) is 20.4. The number of rotatable bonds is 4. The van der Waals surface area contributed by atoms with Crippen LogP contribution in [0.5, 0.6) is 0 Å². The SMILES string of the molecule is NCCCNC(=O)C1=C2OP(=O)(O2)O1. The van der Waals surface area contributed by atoms with Crippen LogP contribution in [0.4, 0.5) is 0 Å². The number of hydrogen-bond acceptors (Lipinski definition) is 6. The fourth-order valence-electron chi connectivity index (χ4n) is 0.998. The second-order valence-corrected chi connectivity index (χ2v) is 4.18. The van der Waals surface area contributed by atoms with Crippen molar-refractivity contribution in [2.45, 2.75) is 6.42 Å². The lowest BCUT2D eigenvalue weighted by molar-refractivity contribution is -0.119. The maximum Gasteiger partial charge on any atom is 0.652 e. The molecule has 0 saturated carbocycles. The van der Waals surface area contributed by atoms with Crippen LogP contribution in [-0.4, -0.2) is 19.0 Å². The van der Waals surface area contributed by atoms with Gasteiger partial charge in [0.15, 0.2) is 0 Å². The number of phosphoric acid groups is 1. The minimum Gasteiger partial charge on any atom is -0.372 e.